The second-order valence-electron chi connectivity index (χ2n) is 6.06. The lowest BCUT2D eigenvalue weighted by atomic mass is 9.84. The molecule has 0 aromatic rings. The molecule has 0 spiro atoms. The Hall–Kier alpha value is -0.0800. The Labute approximate surface area is 107 Å². The van der Waals surface area contributed by atoms with Crippen LogP contribution in [0.3, 0.4) is 0 Å². The number of likely N-dealkylation sites (tertiary alicyclic amines) is 1. The van der Waals surface area contributed by atoms with Gasteiger partial charge in [0.2, 0.25) is 0 Å². The monoisotopic (exact) mass is 238 g/mol. The van der Waals surface area contributed by atoms with Gasteiger partial charge in [0, 0.05) is 12.1 Å². The summed E-state index contributed by atoms with van der Waals surface area (Å²) in [6, 6.07) is 1.53. The van der Waals surface area contributed by atoms with Gasteiger partial charge in [-0.15, -0.1) is 0 Å². The molecule has 2 aliphatic rings. The second kappa shape index (κ2) is 6.75. The van der Waals surface area contributed by atoms with Crippen LogP contribution in [0.2, 0.25) is 0 Å². The third kappa shape index (κ3) is 3.96. The van der Waals surface area contributed by atoms with Crippen LogP contribution >= 0.6 is 0 Å². The summed E-state index contributed by atoms with van der Waals surface area (Å²) in [6.07, 6.45) is 10.0. The summed E-state index contributed by atoms with van der Waals surface area (Å²) < 4.78 is 0. The fraction of sp³-hybridized carbons (Fsp3) is 1.00. The Balaban J connectivity index is 1.69. The van der Waals surface area contributed by atoms with Crippen LogP contribution in [0.4, 0.5) is 0 Å². The first-order chi connectivity index (χ1) is 8.29. The van der Waals surface area contributed by atoms with Gasteiger partial charge in [-0.3, -0.25) is 0 Å². The minimum atomic E-state index is 0.744. The molecule has 100 valence electrons. The molecule has 1 heterocycles. The molecule has 0 amide bonds. The number of hydrogen-bond acceptors (Lipinski definition) is 2. The topological polar surface area (TPSA) is 15.3 Å². The average molecular weight is 238 g/mol. The first kappa shape index (κ1) is 13.4. The minimum absolute atomic E-state index is 0.744. The molecule has 2 heteroatoms. The summed E-state index contributed by atoms with van der Waals surface area (Å²) in [5.74, 6) is 0.952. The molecule has 0 aromatic carbocycles. The van der Waals surface area contributed by atoms with Crippen molar-refractivity contribution in [2.24, 2.45) is 5.92 Å². The van der Waals surface area contributed by atoms with E-state index in [0.29, 0.717) is 0 Å². The summed E-state index contributed by atoms with van der Waals surface area (Å²) in [4.78, 5) is 2.57. The Morgan fingerprint density at radius 1 is 1.06 bits per heavy atom. The molecule has 1 aliphatic carbocycles. The predicted octanol–water partition coefficient (Wildman–Crippen LogP) is 3.03. The van der Waals surface area contributed by atoms with Crippen molar-refractivity contribution in [2.45, 2.75) is 70.9 Å². The largest absolute Gasteiger partial charge is 0.311 e. The fourth-order valence-electron chi connectivity index (χ4n) is 3.56. The maximum absolute atomic E-state index is 3.91. The molecule has 2 nitrogen and oxygen atoms in total. The molecule has 0 radical (unpaired) electrons. The molecule has 0 bridgehead atoms. The van der Waals surface area contributed by atoms with Crippen molar-refractivity contribution < 1.29 is 0 Å². The Morgan fingerprint density at radius 2 is 1.71 bits per heavy atom. The number of nitrogens with one attached hydrogen (secondary N) is 1. The highest BCUT2D eigenvalue weighted by Crippen LogP contribution is 2.27. The lowest BCUT2D eigenvalue weighted by Crippen LogP contribution is -2.47. The first-order valence-corrected chi connectivity index (χ1v) is 7.78. The number of piperidine rings is 1. The molecule has 1 aliphatic heterocycles. The van der Waals surface area contributed by atoms with Gasteiger partial charge in [-0.1, -0.05) is 26.2 Å². The van der Waals surface area contributed by atoms with E-state index >= 15 is 0 Å². The second-order valence-corrected chi connectivity index (χ2v) is 6.06. The van der Waals surface area contributed by atoms with Crippen molar-refractivity contribution in [3.05, 3.63) is 0 Å². The minimum Gasteiger partial charge on any atom is -0.311 e. The molecule has 2 rings (SSSR count). The smallest absolute Gasteiger partial charge is 0.00940 e. The molecule has 0 unspecified atom stereocenters. The predicted molar refractivity (Wildman–Crippen MR) is 74.3 cm³/mol. The van der Waals surface area contributed by atoms with Gasteiger partial charge >= 0.3 is 0 Å². The lowest BCUT2D eigenvalue weighted by molar-refractivity contribution is 0.182. The maximum Gasteiger partial charge on any atom is 0.00940 e. The van der Waals surface area contributed by atoms with Crippen LogP contribution in [-0.2, 0) is 0 Å². The van der Waals surface area contributed by atoms with E-state index in [-0.39, 0.29) is 0 Å². The van der Waals surface area contributed by atoms with Crippen molar-refractivity contribution in [3.8, 4) is 0 Å². The van der Waals surface area contributed by atoms with Crippen LogP contribution in [0, 0.1) is 5.92 Å². The zero-order valence-corrected chi connectivity index (χ0v) is 11.8. The SMILES string of the molecule is CCN1CCC(N[C@H](C)C2CCCCC2)CC1. The highest BCUT2D eigenvalue weighted by molar-refractivity contribution is 4.83. The van der Waals surface area contributed by atoms with E-state index in [9.17, 15) is 0 Å². The average Bonchev–Trinajstić information content (AvgIpc) is 2.40. The number of rotatable bonds is 4. The van der Waals surface area contributed by atoms with Gasteiger partial charge in [0.1, 0.15) is 0 Å². The molecule has 1 saturated heterocycles. The summed E-state index contributed by atoms with van der Waals surface area (Å²) in [6.45, 7) is 8.52. The van der Waals surface area contributed by atoms with Crippen molar-refractivity contribution in [3.63, 3.8) is 0 Å². The standard InChI is InChI=1S/C15H30N2/c1-3-17-11-9-15(10-12-17)16-13(2)14-7-5-4-6-8-14/h13-16H,3-12H2,1-2H3/t13-/m1/s1. The number of nitrogens with zero attached hydrogens (tertiary/aromatic N) is 1. The molecule has 1 atom stereocenters. The van der Waals surface area contributed by atoms with Crippen molar-refractivity contribution in [2.75, 3.05) is 19.6 Å². The highest BCUT2D eigenvalue weighted by Gasteiger charge is 2.24. The summed E-state index contributed by atoms with van der Waals surface area (Å²) in [5.41, 5.74) is 0. The Kier molecular flexibility index (Phi) is 5.30. The van der Waals surface area contributed by atoms with Crippen molar-refractivity contribution in [1.82, 2.24) is 10.2 Å². The molecular formula is C15H30N2. The van der Waals surface area contributed by atoms with E-state index in [2.05, 4.69) is 24.1 Å². The van der Waals surface area contributed by atoms with Gasteiger partial charge in [-0.25, -0.2) is 0 Å². The van der Waals surface area contributed by atoms with Gasteiger partial charge in [-0.2, -0.15) is 0 Å². The van der Waals surface area contributed by atoms with E-state index in [0.717, 1.165) is 18.0 Å². The van der Waals surface area contributed by atoms with Crippen LogP contribution in [0.5, 0.6) is 0 Å². The third-order valence-electron chi connectivity index (χ3n) is 4.89. The molecule has 17 heavy (non-hydrogen) atoms. The van der Waals surface area contributed by atoms with Crippen LogP contribution in [-0.4, -0.2) is 36.6 Å². The summed E-state index contributed by atoms with van der Waals surface area (Å²) in [5, 5.41) is 3.91. The van der Waals surface area contributed by atoms with Gasteiger partial charge in [0.25, 0.3) is 0 Å². The zero-order chi connectivity index (χ0) is 12.1. The van der Waals surface area contributed by atoms with Gasteiger partial charge < -0.3 is 10.2 Å². The van der Waals surface area contributed by atoms with E-state index in [4.69, 9.17) is 0 Å². The fourth-order valence-corrected chi connectivity index (χ4v) is 3.56. The van der Waals surface area contributed by atoms with Gasteiger partial charge in [0.05, 0.1) is 0 Å². The van der Waals surface area contributed by atoms with E-state index in [1.165, 1.54) is 64.6 Å². The molecule has 2 fully saturated rings. The van der Waals surface area contributed by atoms with E-state index in [1.807, 2.05) is 0 Å². The Morgan fingerprint density at radius 3 is 2.29 bits per heavy atom. The number of hydrogen-bond donors (Lipinski definition) is 1. The lowest BCUT2D eigenvalue weighted by Gasteiger charge is -2.36. The molecule has 0 aromatic heterocycles. The van der Waals surface area contributed by atoms with E-state index in [1.54, 1.807) is 0 Å². The normalized spacial score (nSPS) is 27.2. The molecule has 1 saturated carbocycles. The zero-order valence-electron chi connectivity index (χ0n) is 11.8. The van der Waals surface area contributed by atoms with Crippen LogP contribution < -0.4 is 5.32 Å². The van der Waals surface area contributed by atoms with Gasteiger partial charge in [-0.05, 0) is 58.2 Å². The van der Waals surface area contributed by atoms with Crippen LogP contribution in [0.25, 0.3) is 0 Å². The molecule has 1 N–H and O–H groups in total. The van der Waals surface area contributed by atoms with Gasteiger partial charge in [0.15, 0.2) is 0 Å². The van der Waals surface area contributed by atoms with Crippen molar-refractivity contribution in [1.29, 1.82) is 0 Å². The quantitative estimate of drug-likeness (QED) is 0.810. The Bertz CT molecular complexity index is 203. The van der Waals surface area contributed by atoms with E-state index < -0.39 is 0 Å². The maximum atomic E-state index is 3.91. The summed E-state index contributed by atoms with van der Waals surface area (Å²) >= 11 is 0. The third-order valence-corrected chi connectivity index (χ3v) is 4.89. The van der Waals surface area contributed by atoms with Crippen LogP contribution in [0.1, 0.15) is 58.8 Å². The molecular weight excluding hydrogens is 208 g/mol. The summed E-state index contributed by atoms with van der Waals surface area (Å²) in [7, 11) is 0. The highest BCUT2D eigenvalue weighted by atomic mass is 15.1. The van der Waals surface area contributed by atoms with Crippen LogP contribution in [0.15, 0.2) is 0 Å². The van der Waals surface area contributed by atoms with Crippen molar-refractivity contribution >= 4 is 0 Å². The first-order valence-electron chi connectivity index (χ1n) is 7.78.